The molecule has 1 atom stereocenters. The van der Waals surface area contributed by atoms with Crippen molar-refractivity contribution >= 4 is 5.82 Å². The van der Waals surface area contributed by atoms with Gasteiger partial charge in [-0.2, -0.15) is 4.98 Å². The van der Waals surface area contributed by atoms with Crippen LogP contribution in [0.25, 0.3) is 0 Å². The Kier molecular flexibility index (Phi) is 5.14. The van der Waals surface area contributed by atoms with Gasteiger partial charge in [-0.05, 0) is 20.8 Å². The van der Waals surface area contributed by atoms with Crippen molar-refractivity contribution in [3.63, 3.8) is 0 Å². The van der Waals surface area contributed by atoms with Gasteiger partial charge in [0.1, 0.15) is 11.6 Å². The van der Waals surface area contributed by atoms with E-state index in [0.29, 0.717) is 17.7 Å². The van der Waals surface area contributed by atoms with Gasteiger partial charge in [0.2, 0.25) is 5.88 Å². The van der Waals surface area contributed by atoms with Crippen LogP contribution in [-0.4, -0.2) is 60.9 Å². The van der Waals surface area contributed by atoms with Gasteiger partial charge >= 0.3 is 0 Å². The lowest BCUT2D eigenvalue weighted by atomic mass is 10.2. The average molecular weight is 280 g/mol. The third kappa shape index (κ3) is 3.80. The Morgan fingerprint density at radius 2 is 2.00 bits per heavy atom. The maximum atomic E-state index is 5.37. The Balaban J connectivity index is 1.99. The minimum Gasteiger partial charge on any atom is -0.481 e. The van der Waals surface area contributed by atoms with Crippen molar-refractivity contribution in [2.45, 2.75) is 26.8 Å². The molecular formula is C14H24N4O2. The van der Waals surface area contributed by atoms with Gasteiger partial charge in [-0.25, -0.2) is 4.98 Å². The van der Waals surface area contributed by atoms with Crippen LogP contribution in [0.2, 0.25) is 0 Å². The molecule has 6 heteroatoms. The summed E-state index contributed by atoms with van der Waals surface area (Å²) in [7, 11) is 1.63. The Hall–Kier alpha value is -1.40. The SMILES string of the molecule is COc1nc(C)nc(NC(C)CN2CCOCC2)c1C. The zero-order valence-electron chi connectivity index (χ0n) is 12.8. The molecule has 1 aliphatic rings. The van der Waals surface area contributed by atoms with Crippen LogP contribution in [-0.2, 0) is 4.74 Å². The van der Waals surface area contributed by atoms with Crippen molar-refractivity contribution in [3.05, 3.63) is 11.4 Å². The molecule has 0 saturated carbocycles. The van der Waals surface area contributed by atoms with Crippen molar-refractivity contribution in [2.75, 3.05) is 45.3 Å². The summed E-state index contributed by atoms with van der Waals surface area (Å²) in [6, 6.07) is 0.311. The second-order valence-electron chi connectivity index (χ2n) is 5.21. The first kappa shape index (κ1) is 15.0. The van der Waals surface area contributed by atoms with E-state index in [1.165, 1.54) is 0 Å². The molecule has 1 saturated heterocycles. The van der Waals surface area contributed by atoms with Crippen molar-refractivity contribution in [1.82, 2.24) is 14.9 Å². The Labute approximate surface area is 120 Å². The van der Waals surface area contributed by atoms with Gasteiger partial charge in [0.25, 0.3) is 0 Å². The molecule has 0 radical (unpaired) electrons. The number of methoxy groups -OCH3 is 1. The molecule has 1 aromatic rings. The van der Waals surface area contributed by atoms with Crippen LogP contribution in [0.5, 0.6) is 5.88 Å². The molecule has 0 spiro atoms. The van der Waals surface area contributed by atoms with E-state index < -0.39 is 0 Å². The number of nitrogens with one attached hydrogen (secondary N) is 1. The quantitative estimate of drug-likeness (QED) is 0.875. The first-order valence-electron chi connectivity index (χ1n) is 7.06. The van der Waals surface area contributed by atoms with Crippen LogP contribution in [0.3, 0.4) is 0 Å². The topological polar surface area (TPSA) is 59.5 Å². The largest absolute Gasteiger partial charge is 0.481 e. The van der Waals surface area contributed by atoms with Crippen LogP contribution >= 0.6 is 0 Å². The molecule has 1 N–H and O–H groups in total. The number of aryl methyl sites for hydroxylation is 1. The lowest BCUT2D eigenvalue weighted by Crippen LogP contribution is -2.42. The van der Waals surface area contributed by atoms with Gasteiger partial charge in [-0.3, -0.25) is 4.90 Å². The Bertz CT molecular complexity index is 447. The second-order valence-corrected chi connectivity index (χ2v) is 5.21. The Morgan fingerprint density at radius 1 is 1.30 bits per heavy atom. The van der Waals surface area contributed by atoms with E-state index in [-0.39, 0.29) is 0 Å². The third-order valence-electron chi connectivity index (χ3n) is 3.43. The van der Waals surface area contributed by atoms with Gasteiger partial charge < -0.3 is 14.8 Å². The molecule has 1 fully saturated rings. The fourth-order valence-corrected chi connectivity index (χ4v) is 2.39. The van der Waals surface area contributed by atoms with Gasteiger partial charge in [0.05, 0.1) is 25.9 Å². The van der Waals surface area contributed by atoms with Crippen molar-refractivity contribution in [2.24, 2.45) is 0 Å². The number of nitrogens with zero attached hydrogens (tertiary/aromatic N) is 3. The van der Waals surface area contributed by atoms with Crippen molar-refractivity contribution in [3.8, 4) is 5.88 Å². The number of morpholine rings is 1. The molecule has 0 bridgehead atoms. The van der Waals surface area contributed by atoms with Crippen LogP contribution in [0, 0.1) is 13.8 Å². The number of aromatic nitrogens is 2. The summed E-state index contributed by atoms with van der Waals surface area (Å²) in [6.45, 7) is 10.6. The number of rotatable bonds is 5. The molecule has 0 amide bonds. The lowest BCUT2D eigenvalue weighted by molar-refractivity contribution is 0.0368. The normalized spacial score (nSPS) is 17.8. The summed E-state index contributed by atoms with van der Waals surface area (Å²) in [4.78, 5) is 11.1. The summed E-state index contributed by atoms with van der Waals surface area (Å²) >= 11 is 0. The second kappa shape index (κ2) is 6.85. The van der Waals surface area contributed by atoms with E-state index in [4.69, 9.17) is 9.47 Å². The fraction of sp³-hybridized carbons (Fsp3) is 0.714. The summed E-state index contributed by atoms with van der Waals surface area (Å²) in [6.07, 6.45) is 0. The Morgan fingerprint density at radius 3 is 2.65 bits per heavy atom. The molecule has 20 heavy (non-hydrogen) atoms. The predicted octanol–water partition coefficient (Wildman–Crippen LogP) is 1.23. The zero-order valence-corrected chi connectivity index (χ0v) is 12.8. The third-order valence-corrected chi connectivity index (χ3v) is 3.43. The molecule has 0 aliphatic carbocycles. The van der Waals surface area contributed by atoms with Crippen LogP contribution < -0.4 is 10.1 Å². The van der Waals surface area contributed by atoms with Gasteiger partial charge in [0.15, 0.2) is 0 Å². The van der Waals surface area contributed by atoms with E-state index in [2.05, 4.69) is 27.1 Å². The molecule has 1 aliphatic heterocycles. The first-order chi connectivity index (χ1) is 9.60. The average Bonchev–Trinajstić information content (AvgIpc) is 2.43. The monoisotopic (exact) mass is 280 g/mol. The van der Waals surface area contributed by atoms with Gasteiger partial charge in [0, 0.05) is 25.7 Å². The molecule has 2 rings (SSSR count). The molecular weight excluding hydrogens is 256 g/mol. The summed E-state index contributed by atoms with van der Waals surface area (Å²) in [5, 5.41) is 3.46. The highest BCUT2D eigenvalue weighted by Gasteiger charge is 2.16. The number of hydrogen-bond acceptors (Lipinski definition) is 6. The summed E-state index contributed by atoms with van der Waals surface area (Å²) < 4.78 is 10.6. The van der Waals surface area contributed by atoms with E-state index in [9.17, 15) is 0 Å². The van der Waals surface area contributed by atoms with Crippen molar-refractivity contribution in [1.29, 1.82) is 0 Å². The maximum Gasteiger partial charge on any atom is 0.221 e. The summed E-state index contributed by atoms with van der Waals surface area (Å²) in [5.74, 6) is 2.21. The smallest absolute Gasteiger partial charge is 0.221 e. The minimum absolute atomic E-state index is 0.311. The molecule has 2 heterocycles. The molecule has 1 unspecified atom stereocenters. The van der Waals surface area contributed by atoms with Crippen LogP contribution in [0.15, 0.2) is 0 Å². The van der Waals surface area contributed by atoms with Crippen LogP contribution in [0.4, 0.5) is 5.82 Å². The number of anilines is 1. The first-order valence-corrected chi connectivity index (χ1v) is 7.06. The van der Waals surface area contributed by atoms with Crippen LogP contribution in [0.1, 0.15) is 18.3 Å². The predicted molar refractivity (Wildman–Crippen MR) is 78.4 cm³/mol. The highest BCUT2D eigenvalue weighted by molar-refractivity contribution is 5.49. The highest BCUT2D eigenvalue weighted by Crippen LogP contribution is 2.22. The summed E-state index contributed by atoms with van der Waals surface area (Å²) in [5.41, 5.74) is 0.951. The van der Waals surface area contributed by atoms with Gasteiger partial charge in [-0.15, -0.1) is 0 Å². The number of ether oxygens (including phenoxy) is 2. The molecule has 112 valence electrons. The van der Waals surface area contributed by atoms with E-state index in [1.807, 2.05) is 13.8 Å². The van der Waals surface area contributed by atoms with E-state index in [0.717, 1.165) is 44.2 Å². The molecule has 0 aromatic carbocycles. The fourth-order valence-electron chi connectivity index (χ4n) is 2.39. The standard InChI is InChI=1S/C14H24N4O2/c1-10(9-18-5-7-20-8-6-18)15-13-11(2)14(19-4)17-12(3)16-13/h10H,5-9H2,1-4H3,(H,15,16,17). The van der Waals surface area contributed by atoms with E-state index in [1.54, 1.807) is 7.11 Å². The highest BCUT2D eigenvalue weighted by atomic mass is 16.5. The van der Waals surface area contributed by atoms with Crippen molar-refractivity contribution < 1.29 is 9.47 Å². The van der Waals surface area contributed by atoms with E-state index >= 15 is 0 Å². The molecule has 6 nitrogen and oxygen atoms in total. The number of hydrogen-bond donors (Lipinski definition) is 1. The maximum absolute atomic E-state index is 5.37. The molecule has 1 aromatic heterocycles. The lowest BCUT2D eigenvalue weighted by Gasteiger charge is -2.29. The minimum atomic E-state index is 0.311. The zero-order chi connectivity index (χ0) is 14.5. The van der Waals surface area contributed by atoms with Gasteiger partial charge in [-0.1, -0.05) is 0 Å².